The number of sulfone groups is 1. The van der Waals surface area contributed by atoms with Crippen molar-refractivity contribution in [1.29, 1.82) is 0 Å². The first-order valence-electron chi connectivity index (χ1n) is 8.21. The van der Waals surface area contributed by atoms with E-state index in [0.717, 1.165) is 6.26 Å². The lowest BCUT2D eigenvalue weighted by molar-refractivity contribution is -0.143. The van der Waals surface area contributed by atoms with Gasteiger partial charge in [-0.25, -0.2) is 17.6 Å². The molecule has 0 spiro atoms. The van der Waals surface area contributed by atoms with Gasteiger partial charge in [0.1, 0.15) is 11.4 Å². The number of esters is 1. The molecule has 2 aromatic carbocycles. The van der Waals surface area contributed by atoms with E-state index in [-0.39, 0.29) is 10.5 Å². The lowest BCUT2D eigenvalue weighted by atomic mass is 9.84. The average Bonchev–Trinajstić information content (AvgIpc) is 2.86. The van der Waals surface area contributed by atoms with Crippen LogP contribution in [0.3, 0.4) is 0 Å². The number of rotatable bonds is 4. The third kappa shape index (κ3) is 3.05. The molecule has 1 atom stereocenters. The summed E-state index contributed by atoms with van der Waals surface area (Å²) in [6.45, 7) is 3.62. The molecule has 0 aromatic heterocycles. The molecular weight excluding hydrogens is 355 g/mol. The number of cyclic esters (lactones) is 1. The van der Waals surface area contributed by atoms with E-state index in [1.807, 2.05) is 6.92 Å². The van der Waals surface area contributed by atoms with E-state index < -0.39 is 27.2 Å². The van der Waals surface area contributed by atoms with E-state index in [9.17, 15) is 17.6 Å². The molecule has 1 aliphatic rings. The highest BCUT2D eigenvalue weighted by atomic mass is 32.2. The number of hydrogen-bond donors (Lipinski definition) is 0. The van der Waals surface area contributed by atoms with Crippen LogP contribution in [-0.4, -0.2) is 26.2 Å². The van der Waals surface area contributed by atoms with Crippen LogP contribution in [0, 0.1) is 5.82 Å². The van der Waals surface area contributed by atoms with Crippen LogP contribution in [0.5, 0.6) is 0 Å². The normalized spacial score (nSPS) is 20.4. The second kappa shape index (κ2) is 6.36. The maximum absolute atomic E-state index is 13.3. The van der Waals surface area contributed by atoms with Gasteiger partial charge in [-0.05, 0) is 37.1 Å². The Hall–Kier alpha value is -2.47. The first-order valence-corrected chi connectivity index (χ1v) is 10.1. The predicted octanol–water partition coefficient (Wildman–Crippen LogP) is 3.87. The van der Waals surface area contributed by atoms with Gasteiger partial charge in [-0.2, -0.15) is 0 Å². The van der Waals surface area contributed by atoms with Crippen molar-refractivity contribution in [1.82, 2.24) is 0 Å². The van der Waals surface area contributed by atoms with Gasteiger partial charge in [-0.15, -0.1) is 0 Å². The fourth-order valence-corrected chi connectivity index (χ4v) is 4.11. The molecular formula is C20H19FO4S. The van der Waals surface area contributed by atoms with Crippen LogP contribution in [0.15, 0.2) is 53.4 Å². The maximum atomic E-state index is 13.3. The molecule has 0 fully saturated rings. The summed E-state index contributed by atoms with van der Waals surface area (Å²) in [4.78, 5) is 12.8. The molecule has 2 aromatic rings. The maximum Gasteiger partial charge on any atom is 0.340 e. The molecule has 4 nitrogen and oxygen atoms in total. The number of hydrogen-bond acceptors (Lipinski definition) is 4. The number of benzene rings is 2. The van der Waals surface area contributed by atoms with Crippen molar-refractivity contribution in [3.63, 3.8) is 0 Å². The summed E-state index contributed by atoms with van der Waals surface area (Å²) in [5.74, 6) is -0.962. The molecule has 0 saturated heterocycles. The highest BCUT2D eigenvalue weighted by molar-refractivity contribution is 7.90. The Morgan fingerprint density at radius 2 is 1.69 bits per heavy atom. The van der Waals surface area contributed by atoms with E-state index in [0.29, 0.717) is 23.1 Å². The smallest absolute Gasteiger partial charge is 0.340 e. The average molecular weight is 374 g/mol. The molecule has 0 radical (unpaired) electrons. The van der Waals surface area contributed by atoms with Gasteiger partial charge in [0.25, 0.3) is 0 Å². The van der Waals surface area contributed by atoms with Crippen molar-refractivity contribution in [2.24, 2.45) is 0 Å². The van der Waals surface area contributed by atoms with Crippen LogP contribution in [0.4, 0.5) is 4.39 Å². The first kappa shape index (κ1) is 18.3. The van der Waals surface area contributed by atoms with E-state index >= 15 is 0 Å². The largest absolute Gasteiger partial charge is 0.451 e. The van der Waals surface area contributed by atoms with Crippen LogP contribution < -0.4 is 0 Å². The fraction of sp³-hybridized carbons (Fsp3) is 0.250. The van der Waals surface area contributed by atoms with Crippen molar-refractivity contribution in [2.75, 3.05) is 6.26 Å². The second-order valence-electron chi connectivity index (χ2n) is 6.50. The van der Waals surface area contributed by atoms with Gasteiger partial charge in [0.15, 0.2) is 9.84 Å². The standard InChI is InChI=1S/C20H19FO4S/c1-4-20(2)18(15-7-5-6-8-16(15)26(3,23)24)17(19(22)25-20)13-9-11-14(21)12-10-13/h5-12H,4H2,1-3H3. The van der Waals surface area contributed by atoms with Crippen LogP contribution in [0.1, 0.15) is 31.4 Å². The van der Waals surface area contributed by atoms with Crippen LogP contribution in [0.25, 0.3) is 11.1 Å². The summed E-state index contributed by atoms with van der Waals surface area (Å²) in [6.07, 6.45) is 1.60. The summed E-state index contributed by atoms with van der Waals surface area (Å²) >= 11 is 0. The first-order chi connectivity index (χ1) is 12.2. The van der Waals surface area contributed by atoms with Gasteiger partial charge in [0, 0.05) is 17.4 Å². The Labute approximate surface area is 152 Å². The molecule has 3 rings (SSSR count). The third-order valence-electron chi connectivity index (χ3n) is 4.66. The minimum Gasteiger partial charge on any atom is -0.451 e. The van der Waals surface area contributed by atoms with Crippen molar-refractivity contribution in [2.45, 2.75) is 30.8 Å². The summed E-state index contributed by atoms with van der Waals surface area (Å²) in [5.41, 5.74) is 0.737. The van der Waals surface area contributed by atoms with Gasteiger partial charge >= 0.3 is 5.97 Å². The van der Waals surface area contributed by atoms with Crippen LogP contribution in [0.2, 0.25) is 0 Å². The van der Waals surface area contributed by atoms with Gasteiger partial charge < -0.3 is 4.74 Å². The van der Waals surface area contributed by atoms with Crippen molar-refractivity contribution < 1.29 is 22.3 Å². The number of carbonyl (C=O) groups is 1. The quantitative estimate of drug-likeness (QED) is 0.763. The van der Waals surface area contributed by atoms with E-state index in [1.165, 1.54) is 30.3 Å². The summed E-state index contributed by atoms with van der Waals surface area (Å²) in [6, 6.07) is 12.1. The Balaban J connectivity index is 2.39. The highest BCUT2D eigenvalue weighted by Crippen LogP contribution is 2.47. The lowest BCUT2D eigenvalue weighted by Crippen LogP contribution is -2.26. The van der Waals surface area contributed by atoms with Crippen molar-refractivity contribution in [3.8, 4) is 0 Å². The SMILES string of the molecule is CCC1(C)OC(=O)C(c2ccc(F)cc2)=C1c1ccccc1S(C)(=O)=O. The zero-order chi connectivity index (χ0) is 19.1. The molecule has 0 amide bonds. The topological polar surface area (TPSA) is 60.4 Å². The molecule has 0 saturated carbocycles. The van der Waals surface area contributed by atoms with Gasteiger partial charge in [-0.3, -0.25) is 0 Å². The monoisotopic (exact) mass is 374 g/mol. The molecule has 0 aliphatic carbocycles. The Bertz CT molecular complexity index is 1010. The molecule has 1 unspecified atom stereocenters. The number of carbonyl (C=O) groups excluding carboxylic acids is 1. The second-order valence-corrected chi connectivity index (χ2v) is 8.48. The number of halogens is 1. The molecule has 136 valence electrons. The summed E-state index contributed by atoms with van der Waals surface area (Å²) in [7, 11) is -3.52. The Morgan fingerprint density at radius 3 is 2.27 bits per heavy atom. The molecule has 0 N–H and O–H groups in total. The van der Waals surface area contributed by atoms with Gasteiger partial charge in [-0.1, -0.05) is 37.3 Å². The van der Waals surface area contributed by atoms with Crippen LogP contribution in [-0.2, 0) is 19.4 Å². The molecule has 0 bridgehead atoms. The van der Waals surface area contributed by atoms with E-state index in [2.05, 4.69) is 0 Å². The zero-order valence-corrected chi connectivity index (χ0v) is 15.6. The minimum atomic E-state index is -3.52. The van der Waals surface area contributed by atoms with E-state index in [4.69, 9.17) is 4.74 Å². The molecule has 26 heavy (non-hydrogen) atoms. The Morgan fingerprint density at radius 1 is 1.08 bits per heavy atom. The van der Waals surface area contributed by atoms with Crippen LogP contribution >= 0.6 is 0 Å². The Kier molecular flexibility index (Phi) is 4.48. The lowest BCUT2D eigenvalue weighted by Gasteiger charge is -2.26. The fourth-order valence-electron chi connectivity index (χ4n) is 3.22. The number of ether oxygens (including phenoxy) is 1. The third-order valence-corrected chi connectivity index (χ3v) is 5.82. The molecule has 1 aliphatic heterocycles. The van der Waals surface area contributed by atoms with Crippen molar-refractivity contribution >= 4 is 27.0 Å². The van der Waals surface area contributed by atoms with Gasteiger partial charge in [0.05, 0.1) is 10.5 Å². The summed E-state index contributed by atoms with van der Waals surface area (Å²) < 4.78 is 43.5. The summed E-state index contributed by atoms with van der Waals surface area (Å²) in [5, 5.41) is 0. The van der Waals surface area contributed by atoms with Crippen molar-refractivity contribution in [3.05, 3.63) is 65.5 Å². The molecule has 1 heterocycles. The highest BCUT2D eigenvalue weighted by Gasteiger charge is 2.45. The predicted molar refractivity (Wildman–Crippen MR) is 97.6 cm³/mol. The molecule has 6 heteroatoms. The zero-order valence-electron chi connectivity index (χ0n) is 14.7. The van der Waals surface area contributed by atoms with E-state index in [1.54, 1.807) is 25.1 Å². The van der Waals surface area contributed by atoms with Gasteiger partial charge in [0.2, 0.25) is 0 Å². The minimum absolute atomic E-state index is 0.132.